The van der Waals surface area contributed by atoms with Gasteiger partial charge in [-0.1, -0.05) is 29.8 Å². The molecule has 3 aromatic rings. The van der Waals surface area contributed by atoms with Gasteiger partial charge >= 0.3 is 0 Å². The lowest BCUT2D eigenvalue weighted by Crippen LogP contribution is -2.41. The Morgan fingerprint density at radius 1 is 1.29 bits per heavy atom. The second-order valence-electron chi connectivity index (χ2n) is 6.95. The summed E-state index contributed by atoms with van der Waals surface area (Å²) in [7, 11) is 0. The van der Waals surface area contributed by atoms with E-state index < -0.39 is 11.5 Å². The zero-order valence-corrected chi connectivity index (χ0v) is 15.4. The van der Waals surface area contributed by atoms with Crippen molar-refractivity contribution in [1.82, 2.24) is 29.8 Å². The van der Waals surface area contributed by atoms with Crippen molar-refractivity contribution in [3.05, 3.63) is 59.7 Å². The highest BCUT2D eigenvalue weighted by molar-refractivity contribution is 5.93. The van der Waals surface area contributed by atoms with E-state index in [0.717, 1.165) is 11.1 Å². The minimum absolute atomic E-state index is 0.0518. The maximum atomic E-state index is 12.5. The normalized spacial score (nSPS) is 19.1. The Morgan fingerprint density at radius 2 is 2.07 bits per heavy atom. The lowest BCUT2D eigenvalue weighted by Gasteiger charge is -2.24. The van der Waals surface area contributed by atoms with Crippen LogP contribution in [0.1, 0.15) is 28.2 Å². The zero-order chi connectivity index (χ0) is 19.7. The topological polar surface area (TPSA) is 113 Å². The van der Waals surface area contributed by atoms with Gasteiger partial charge in [0.05, 0.1) is 13.1 Å². The molecule has 0 spiro atoms. The highest BCUT2D eigenvalue weighted by Gasteiger charge is 2.39. The van der Waals surface area contributed by atoms with Gasteiger partial charge in [-0.2, -0.15) is 4.98 Å². The van der Waals surface area contributed by atoms with Crippen LogP contribution in [0.3, 0.4) is 0 Å². The minimum atomic E-state index is -1.07. The van der Waals surface area contributed by atoms with Crippen LogP contribution in [0, 0.1) is 6.92 Å². The number of amides is 2. The van der Waals surface area contributed by atoms with E-state index in [0.29, 0.717) is 18.7 Å². The number of aryl methyl sites for hydroxylation is 1. The molecule has 2 aromatic heterocycles. The largest absolute Gasteiger partial charge is 0.383 e. The lowest BCUT2D eigenvalue weighted by atomic mass is 9.92. The maximum Gasteiger partial charge on any atom is 0.291 e. The van der Waals surface area contributed by atoms with Crippen LogP contribution in [-0.2, 0) is 10.4 Å². The standard InChI is InChI=1S/C19H20N6O3/c1-13-3-5-14(6-4-13)19(28)7-10-24(12-19)15(26)11-21-17(27)16-22-18-20-8-2-9-25(18)23-16/h2-6,8-9,28H,7,10-12H2,1H3,(H,21,27)/t19-/m1/s1. The summed E-state index contributed by atoms with van der Waals surface area (Å²) < 4.78 is 1.39. The first-order chi connectivity index (χ1) is 13.4. The number of carbonyl (C=O) groups is 2. The number of fused-ring (bicyclic) bond motifs is 1. The van der Waals surface area contributed by atoms with Crippen molar-refractivity contribution >= 4 is 17.6 Å². The summed E-state index contributed by atoms with van der Waals surface area (Å²) in [6.07, 6.45) is 3.64. The van der Waals surface area contributed by atoms with Crippen molar-refractivity contribution in [3.8, 4) is 0 Å². The number of benzene rings is 1. The maximum absolute atomic E-state index is 12.5. The lowest BCUT2D eigenvalue weighted by molar-refractivity contribution is -0.130. The number of carbonyl (C=O) groups excluding carboxylic acids is 2. The van der Waals surface area contributed by atoms with Gasteiger partial charge in [0.25, 0.3) is 11.7 Å². The van der Waals surface area contributed by atoms with Gasteiger partial charge in [-0.25, -0.2) is 9.50 Å². The van der Waals surface area contributed by atoms with Gasteiger partial charge in [-0.05, 0) is 25.0 Å². The second-order valence-corrected chi connectivity index (χ2v) is 6.95. The van der Waals surface area contributed by atoms with E-state index in [4.69, 9.17) is 0 Å². The third kappa shape index (κ3) is 3.44. The van der Waals surface area contributed by atoms with Crippen molar-refractivity contribution in [2.75, 3.05) is 19.6 Å². The van der Waals surface area contributed by atoms with Crippen LogP contribution in [-0.4, -0.2) is 61.0 Å². The number of aromatic nitrogens is 4. The van der Waals surface area contributed by atoms with Gasteiger partial charge in [0, 0.05) is 18.9 Å². The monoisotopic (exact) mass is 380 g/mol. The zero-order valence-electron chi connectivity index (χ0n) is 15.4. The Bertz CT molecular complexity index is 999. The first-order valence-electron chi connectivity index (χ1n) is 8.97. The fraction of sp³-hybridized carbons (Fsp3) is 0.316. The first-order valence-corrected chi connectivity index (χ1v) is 8.97. The van der Waals surface area contributed by atoms with Crippen molar-refractivity contribution in [2.45, 2.75) is 18.9 Å². The second kappa shape index (κ2) is 7.01. The van der Waals surface area contributed by atoms with Gasteiger partial charge in [0.1, 0.15) is 5.60 Å². The van der Waals surface area contributed by atoms with Crippen LogP contribution in [0.2, 0.25) is 0 Å². The number of likely N-dealkylation sites (tertiary alicyclic amines) is 1. The molecular formula is C19H20N6O3. The molecule has 0 bridgehead atoms. The molecule has 2 N–H and O–H groups in total. The molecule has 3 heterocycles. The van der Waals surface area contributed by atoms with Gasteiger partial charge in [0.15, 0.2) is 0 Å². The Kier molecular flexibility index (Phi) is 4.52. The number of nitrogens with zero attached hydrogens (tertiary/aromatic N) is 5. The molecule has 1 aliphatic heterocycles. The number of aliphatic hydroxyl groups is 1. The van der Waals surface area contributed by atoms with Crippen molar-refractivity contribution in [2.24, 2.45) is 0 Å². The quantitative estimate of drug-likeness (QED) is 0.672. The van der Waals surface area contributed by atoms with Gasteiger partial charge in [-0.3, -0.25) is 9.59 Å². The van der Waals surface area contributed by atoms with E-state index >= 15 is 0 Å². The van der Waals surface area contributed by atoms with E-state index in [9.17, 15) is 14.7 Å². The highest BCUT2D eigenvalue weighted by atomic mass is 16.3. The summed E-state index contributed by atoms with van der Waals surface area (Å²) in [5.41, 5.74) is 0.831. The molecule has 144 valence electrons. The molecule has 4 rings (SSSR count). The number of hydrogen-bond acceptors (Lipinski definition) is 6. The van der Waals surface area contributed by atoms with Crippen LogP contribution in [0.25, 0.3) is 5.78 Å². The average molecular weight is 380 g/mol. The van der Waals surface area contributed by atoms with Gasteiger partial charge < -0.3 is 15.3 Å². The van der Waals surface area contributed by atoms with E-state index in [2.05, 4.69) is 20.4 Å². The number of rotatable bonds is 4. The van der Waals surface area contributed by atoms with Crippen LogP contribution < -0.4 is 5.32 Å². The Balaban J connectivity index is 1.36. The summed E-state index contributed by atoms with van der Waals surface area (Å²) in [4.78, 5) is 34.3. The van der Waals surface area contributed by atoms with Gasteiger partial charge in [0.2, 0.25) is 11.7 Å². The molecule has 1 saturated heterocycles. The number of hydrogen-bond donors (Lipinski definition) is 2. The molecule has 9 heteroatoms. The molecule has 2 amide bonds. The predicted octanol–water partition coefficient (Wildman–Crippen LogP) is 0.283. The summed E-state index contributed by atoms with van der Waals surface area (Å²) in [6, 6.07) is 9.32. The Morgan fingerprint density at radius 3 is 2.82 bits per heavy atom. The van der Waals surface area contributed by atoms with Crippen LogP contribution >= 0.6 is 0 Å². The minimum Gasteiger partial charge on any atom is -0.383 e. The molecular weight excluding hydrogens is 360 g/mol. The van der Waals surface area contributed by atoms with E-state index in [-0.39, 0.29) is 24.8 Å². The molecule has 0 radical (unpaired) electrons. The molecule has 0 aliphatic carbocycles. The Hall–Kier alpha value is -3.33. The third-order valence-electron chi connectivity index (χ3n) is 4.91. The summed E-state index contributed by atoms with van der Waals surface area (Å²) in [5, 5.41) is 17.5. The molecule has 1 atom stereocenters. The van der Waals surface area contributed by atoms with E-state index in [1.165, 1.54) is 4.52 Å². The van der Waals surface area contributed by atoms with Crippen molar-refractivity contribution in [3.63, 3.8) is 0 Å². The predicted molar refractivity (Wildman–Crippen MR) is 99.4 cm³/mol. The van der Waals surface area contributed by atoms with Crippen molar-refractivity contribution in [1.29, 1.82) is 0 Å². The SMILES string of the molecule is Cc1ccc([C@@]2(O)CCN(C(=O)CNC(=O)c3nc4ncccn4n3)C2)cc1. The van der Waals surface area contributed by atoms with Gasteiger partial charge in [-0.15, -0.1) is 5.10 Å². The van der Waals surface area contributed by atoms with Crippen LogP contribution in [0.5, 0.6) is 0 Å². The molecule has 1 aliphatic rings. The summed E-state index contributed by atoms with van der Waals surface area (Å²) in [5.74, 6) is -0.559. The number of nitrogens with one attached hydrogen (secondary N) is 1. The Labute approximate surface area is 161 Å². The van der Waals surface area contributed by atoms with Crippen LogP contribution in [0.15, 0.2) is 42.7 Å². The molecule has 28 heavy (non-hydrogen) atoms. The van der Waals surface area contributed by atoms with Crippen LogP contribution in [0.4, 0.5) is 0 Å². The summed E-state index contributed by atoms with van der Waals surface area (Å²) in [6.45, 7) is 2.41. The highest BCUT2D eigenvalue weighted by Crippen LogP contribution is 2.32. The molecule has 1 aromatic carbocycles. The van der Waals surface area contributed by atoms with Crippen molar-refractivity contribution < 1.29 is 14.7 Å². The fourth-order valence-corrected chi connectivity index (χ4v) is 3.28. The fourth-order valence-electron chi connectivity index (χ4n) is 3.28. The average Bonchev–Trinajstić information content (AvgIpc) is 3.31. The first kappa shape index (κ1) is 18.1. The third-order valence-corrected chi connectivity index (χ3v) is 4.91. The van der Waals surface area contributed by atoms with E-state index in [1.807, 2.05) is 31.2 Å². The molecule has 9 nitrogen and oxygen atoms in total. The smallest absolute Gasteiger partial charge is 0.291 e. The molecule has 1 fully saturated rings. The van der Waals surface area contributed by atoms with E-state index in [1.54, 1.807) is 23.4 Å². The molecule has 0 saturated carbocycles. The molecule has 0 unspecified atom stereocenters. The summed E-state index contributed by atoms with van der Waals surface area (Å²) >= 11 is 0. The number of β-amino-alcohol motifs (C(OH)–C–C–N with tert-alkyl or cyclic N) is 1.